The van der Waals surface area contributed by atoms with E-state index in [1.807, 2.05) is 0 Å². The molecule has 1 heterocycles. The molecule has 0 fully saturated rings. The molecule has 3 rings (SSSR count). The first-order chi connectivity index (χ1) is 13.4. The molecule has 0 aliphatic carbocycles. The van der Waals surface area contributed by atoms with Crippen LogP contribution in [0.3, 0.4) is 0 Å². The molecule has 0 unspecified atom stereocenters. The number of aromatic nitrogens is 2. The van der Waals surface area contributed by atoms with Gasteiger partial charge in [-0.2, -0.15) is 0 Å². The lowest BCUT2D eigenvalue weighted by molar-refractivity contribution is 0.406. The number of fused-ring (bicyclic) bond motifs is 1. The third kappa shape index (κ3) is 4.62. The van der Waals surface area contributed by atoms with E-state index >= 15 is 0 Å². The zero-order valence-electron chi connectivity index (χ0n) is 16.9. The highest BCUT2D eigenvalue weighted by Gasteiger charge is 2.16. The van der Waals surface area contributed by atoms with E-state index < -0.39 is 0 Å². The minimum Gasteiger partial charge on any atom is -0.309 e. The van der Waals surface area contributed by atoms with Crippen molar-refractivity contribution in [2.24, 2.45) is 5.92 Å². The molecule has 2 aromatic carbocycles. The Balaban J connectivity index is 1.80. The molecule has 148 valence electrons. The predicted octanol–water partition coefficient (Wildman–Crippen LogP) is 5.58. The topological polar surface area (TPSA) is 57.8 Å². The quantitative estimate of drug-likeness (QED) is 0.547. The van der Waals surface area contributed by atoms with Gasteiger partial charge in [0.25, 0.3) is 5.56 Å². The van der Waals surface area contributed by atoms with Gasteiger partial charge in [0.1, 0.15) is 5.82 Å². The number of nitrogens with zero attached hydrogens (tertiary/aromatic N) is 1. The monoisotopic (exact) mass is 397 g/mol. The normalized spacial score (nSPS) is 13.8. The van der Waals surface area contributed by atoms with Crippen molar-refractivity contribution in [3.8, 4) is 0 Å². The Labute approximate surface area is 171 Å². The minimum absolute atomic E-state index is 0.141. The SMILES string of the molecule is CC[C@H](C)c1ccc([C@H](NCc2nc3cc(Cl)ccc3c(=O)[nH]2)C(C)C)cc1. The summed E-state index contributed by atoms with van der Waals surface area (Å²) in [6.07, 6.45) is 1.14. The molecule has 0 aliphatic heterocycles. The number of benzene rings is 2. The highest BCUT2D eigenvalue weighted by atomic mass is 35.5. The number of hydrogen-bond donors (Lipinski definition) is 2. The molecule has 3 aromatic rings. The van der Waals surface area contributed by atoms with E-state index in [4.69, 9.17) is 11.6 Å². The van der Waals surface area contributed by atoms with E-state index in [-0.39, 0.29) is 11.6 Å². The smallest absolute Gasteiger partial charge is 0.258 e. The van der Waals surface area contributed by atoms with Gasteiger partial charge >= 0.3 is 0 Å². The van der Waals surface area contributed by atoms with Crippen LogP contribution in [0.1, 0.15) is 63.0 Å². The molecule has 4 nitrogen and oxygen atoms in total. The van der Waals surface area contributed by atoms with Crippen molar-refractivity contribution in [3.05, 3.63) is 74.8 Å². The van der Waals surface area contributed by atoms with Crippen LogP contribution < -0.4 is 10.9 Å². The van der Waals surface area contributed by atoms with Crippen LogP contribution in [-0.4, -0.2) is 9.97 Å². The molecule has 5 heteroatoms. The number of aromatic amines is 1. The highest BCUT2D eigenvalue weighted by Crippen LogP contribution is 2.25. The maximum absolute atomic E-state index is 12.3. The van der Waals surface area contributed by atoms with Crippen molar-refractivity contribution in [1.29, 1.82) is 0 Å². The summed E-state index contributed by atoms with van der Waals surface area (Å²) >= 11 is 6.05. The van der Waals surface area contributed by atoms with Crippen LogP contribution in [0.25, 0.3) is 10.9 Å². The maximum Gasteiger partial charge on any atom is 0.258 e. The Morgan fingerprint density at radius 1 is 1.07 bits per heavy atom. The summed E-state index contributed by atoms with van der Waals surface area (Å²) in [7, 11) is 0. The van der Waals surface area contributed by atoms with Crippen LogP contribution in [0.5, 0.6) is 0 Å². The first kappa shape index (κ1) is 20.6. The molecular formula is C23H28ClN3O. The molecule has 0 aliphatic rings. The molecule has 0 saturated heterocycles. The van der Waals surface area contributed by atoms with E-state index in [2.05, 4.69) is 67.2 Å². The van der Waals surface area contributed by atoms with Crippen molar-refractivity contribution in [3.63, 3.8) is 0 Å². The summed E-state index contributed by atoms with van der Waals surface area (Å²) in [5.41, 5.74) is 3.09. The third-order valence-corrected chi connectivity index (χ3v) is 5.59. The second-order valence-electron chi connectivity index (χ2n) is 7.75. The van der Waals surface area contributed by atoms with Gasteiger partial charge in [0.2, 0.25) is 0 Å². The summed E-state index contributed by atoms with van der Waals surface area (Å²) in [5, 5.41) is 4.68. The first-order valence-corrected chi connectivity index (χ1v) is 10.3. The summed E-state index contributed by atoms with van der Waals surface area (Å²) in [6.45, 7) is 9.32. The van der Waals surface area contributed by atoms with Crippen LogP contribution in [0.2, 0.25) is 5.02 Å². The first-order valence-electron chi connectivity index (χ1n) is 9.90. The molecule has 28 heavy (non-hydrogen) atoms. The number of rotatable bonds is 7. The average molecular weight is 398 g/mol. The van der Waals surface area contributed by atoms with Crippen LogP contribution >= 0.6 is 11.6 Å². The Hall–Kier alpha value is -2.17. The number of nitrogens with one attached hydrogen (secondary N) is 2. The maximum atomic E-state index is 12.3. The number of H-pyrrole nitrogens is 1. The zero-order valence-corrected chi connectivity index (χ0v) is 17.7. The second-order valence-corrected chi connectivity index (χ2v) is 8.19. The molecule has 1 aromatic heterocycles. The van der Waals surface area contributed by atoms with Gasteiger partial charge in [-0.1, -0.05) is 63.6 Å². The fourth-order valence-corrected chi connectivity index (χ4v) is 3.62. The second kappa shape index (κ2) is 8.89. The van der Waals surface area contributed by atoms with Gasteiger partial charge in [-0.3, -0.25) is 4.79 Å². The summed E-state index contributed by atoms with van der Waals surface area (Å²) in [4.78, 5) is 19.8. The van der Waals surface area contributed by atoms with E-state index in [9.17, 15) is 4.79 Å². The van der Waals surface area contributed by atoms with Crippen LogP contribution in [-0.2, 0) is 6.54 Å². The largest absolute Gasteiger partial charge is 0.309 e. The Kier molecular flexibility index (Phi) is 6.53. The van der Waals surface area contributed by atoms with E-state index in [0.29, 0.717) is 40.1 Å². The zero-order chi connectivity index (χ0) is 20.3. The number of hydrogen-bond acceptors (Lipinski definition) is 3. The van der Waals surface area contributed by atoms with Crippen LogP contribution in [0.15, 0.2) is 47.3 Å². The molecule has 2 atom stereocenters. The van der Waals surface area contributed by atoms with Crippen molar-refractivity contribution in [1.82, 2.24) is 15.3 Å². The average Bonchev–Trinajstić information content (AvgIpc) is 2.67. The van der Waals surface area contributed by atoms with Gasteiger partial charge in [-0.05, 0) is 47.6 Å². The molecule has 0 spiro atoms. The molecule has 0 saturated carbocycles. The van der Waals surface area contributed by atoms with Gasteiger partial charge in [-0.15, -0.1) is 0 Å². The number of halogens is 1. The molecule has 0 radical (unpaired) electrons. The van der Waals surface area contributed by atoms with Crippen molar-refractivity contribution in [2.45, 2.75) is 52.6 Å². The van der Waals surface area contributed by atoms with Gasteiger partial charge in [-0.25, -0.2) is 4.98 Å². The molecule has 0 bridgehead atoms. The van der Waals surface area contributed by atoms with Gasteiger partial charge in [0.05, 0.1) is 17.4 Å². The fraction of sp³-hybridized carbons (Fsp3) is 0.391. The fourth-order valence-electron chi connectivity index (χ4n) is 3.46. The summed E-state index contributed by atoms with van der Waals surface area (Å²) in [6, 6.07) is 14.2. The summed E-state index contributed by atoms with van der Waals surface area (Å²) < 4.78 is 0. The summed E-state index contributed by atoms with van der Waals surface area (Å²) in [5.74, 6) is 1.58. The van der Waals surface area contributed by atoms with Crippen molar-refractivity contribution >= 4 is 22.5 Å². The van der Waals surface area contributed by atoms with Crippen LogP contribution in [0, 0.1) is 5.92 Å². The Bertz CT molecular complexity index is 995. The predicted molar refractivity (Wildman–Crippen MR) is 117 cm³/mol. The Morgan fingerprint density at radius 2 is 1.75 bits per heavy atom. The van der Waals surface area contributed by atoms with E-state index in [1.165, 1.54) is 11.1 Å². The third-order valence-electron chi connectivity index (χ3n) is 5.35. The standard InChI is InChI=1S/C23H28ClN3O/c1-5-15(4)16-6-8-17(9-7-16)22(14(2)3)25-13-21-26-20-12-18(24)10-11-19(20)23(28)27-21/h6-12,14-15,22,25H,5,13H2,1-4H3,(H,26,27,28)/t15-,22+/m0/s1. The van der Waals surface area contributed by atoms with E-state index in [0.717, 1.165) is 6.42 Å². The lowest BCUT2D eigenvalue weighted by atomic mass is 9.92. The van der Waals surface area contributed by atoms with Gasteiger partial charge < -0.3 is 10.3 Å². The van der Waals surface area contributed by atoms with Crippen molar-refractivity contribution in [2.75, 3.05) is 0 Å². The lowest BCUT2D eigenvalue weighted by Gasteiger charge is -2.23. The molecule has 2 N–H and O–H groups in total. The lowest BCUT2D eigenvalue weighted by Crippen LogP contribution is -2.27. The van der Waals surface area contributed by atoms with Crippen molar-refractivity contribution < 1.29 is 0 Å². The minimum atomic E-state index is -0.141. The van der Waals surface area contributed by atoms with Crippen LogP contribution in [0.4, 0.5) is 0 Å². The highest BCUT2D eigenvalue weighted by molar-refractivity contribution is 6.31. The van der Waals surface area contributed by atoms with Gasteiger partial charge in [0, 0.05) is 11.1 Å². The molecule has 0 amide bonds. The van der Waals surface area contributed by atoms with E-state index in [1.54, 1.807) is 18.2 Å². The van der Waals surface area contributed by atoms with Gasteiger partial charge in [0.15, 0.2) is 0 Å². The Morgan fingerprint density at radius 3 is 2.39 bits per heavy atom. The molecular weight excluding hydrogens is 370 g/mol.